The van der Waals surface area contributed by atoms with E-state index >= 15 is 0 Å². The summed E-state index contributed by atoms with van der Waals surface area (Å²) in [5, 5.41) is 13.4. The monoisotopic (exact) mass is 277 g/mol. The molecular formula is C17H27NO2. The summed E-state index contributed by atoms with van der Waals surface area (Å²) in [6.45, 7) is 5.81. The highest BCUT2D eigenvalue weighted by Gasteiger charge is 2.22. The zero-order valence-corrected chi connectivity index (χ0v) is 12.6. The average Bonchev–Trinajstić information content (AvgIpc) is 2.41. The molecule has 0 radical (unpaired) electrons. The third-order valence-corrected chi connectivity index (χ3v) is 3.87. The van der Waals surface area contributed by atoms with E-state index in [-0.39, 0.29) is 12.2 Å². The molecule has 0 spiro atoms. The first-order valence-electron chi connectivity index (χ1n) is 7.79. The lowest BCUT2D eigenvalue weighted by Crippen LogP contribution is -2.33. The van der Waals surface area contributed by atoms with Crippen molar-refractivity contribution in [3.63, 3.8) is 0 Å². The summed E-state index contributed by atoms with van der Waals surface area (Å²) in [4.78, 5) is 0. The van der Waals surface area contributed by atoms with Crippen molar-refractivity contribution in [1.82, 2.24) is 5.32 Å². The van der Waals surface area contributed by atoms with E-state index < -0.39 is 0 Å². The van der Waals surface area contributed by atoms with E-state index in [0.717, 1.165) is 31.7 Å². The van der Waals surface area contributed by atoms with E-state index in [4.69, 9.17) is 4.74 Å². The van der Waals surface area contributed by atoms with Gasteiger partial charge in [-0.1, -0.05) is 25.0 Å². The maximum Gasteiger partial charge on any atom is 0.120 e. The van der Waals surface area contributed by atoms with Crippen LogP contribution in [0.5, 0.6) is 5.75 Å². The van der Waals surface area contributed by atoms with Gasteiger partial charge in [0.25, 0.3) is 0 Å². The summed E-state index contributed by atoms with van der Waals surface area (Å²) in [6.07, 6.45) is 4.62. The molecule has 2 rings (SSSR count). The lowest BCUT2D eigenvalue weighted by atomic mass is 9.86. The summed E-state index contributed by atoms with van der Waals surface area (Å²) in [5.74, 6) is 1.34. The van der Waals surface area contributed by atoms with Gasteiger partial charge in [-0.25, -0.2) is 0 Å². The van der Waals surface area contributed by atoms with Gasteiger partial charge in [-0.15, -0.1) is 0 Å². The van der Waals surface area contributed by atoms with Crippen LogP contribution in [0.3, 0.4) is 0 Å². The second kappa shape index (κ2) is 7.65. The van der Waals surface area contributed by atoms with E-state index in [9.17, 15) is 5.11 Å². The first-order chi connectivity index (χ1) is 9.65. The Balaban J connectivity index is 1.78. The Labute approximate surface area is 122 Å². The van der Waals surface area contributed by atoms with Crippen LogP contribution in [0.2, 0.25) is 0 Å². The molecule has 0 aromatic heterocycles. The molecule has 2 unspecified atom stereocenters. The number of nitrogens with one attached hydrogen (secondary N) is 1. The predicted octanol–water partition coefficient (Wildman–Crippen LogP) is 3.11. The van der Waals surface area contributed by atoms with Crippen LogP contribution in [0.25, 0.3) is 0 Å². The van der Waals surface area contributed by atoms with Gasteiger partial charge in [0.05, 0.1) is 12.2 Å². The first-order valence-corrected chi connectivity index (χ1v) is 7.79. The van der Waals surface area contributed by atoms with Crippen LogP contribution < -0.4 is 10.1 Å². The molecule has 1 aliphatic carbocycles. The maximum atomic E-state index is 9.95. The number of hydrogen-bond donors (Lipinski definition) is 2. The zero-order valence-electron chi connectivity index (χ0n) is 12.6. The molecule has 0 saturated heterocycles. The smallest absolute Gasteiger partial charge is 0.120 e. The van der Waals surface area contributed by atoms with Crippen molar-refractivity contribution in [2.24, 2.45) is 5.92 Å². The molecule has 0 amide bonds. The minimum Gasteiger partial charge on any atom is -0.491 e. The Morgan fingerprint density at radius 3 is 2.85 bits per heavy atom. The van der Waals surface area contributed by atoms with Gasteiger partial charge in [-0.05, 0) is 50.3 Å². The molecule has 112 valence electrons. The highest BCUT2D eigenvalue weighted by atomic mass is 16.5. The lowest BCUT2D eigenvalue weighted by molar-refractivity contribution is 0.0695. The number of aliphatic hydroxyl groups excluding tert-OH is 1. The molecule has 1 aromatic rings. The van der Waals surface area contributed by atoms with Gasteiger partial charge in [0.1, 0.15) is 5.75 Å². The molecule has 2 N–H and O–H groups in total. The second-order valence-corrected chi connectivity index (χ2v) is 6.06. The molecule has 1 aromatic carbocycles. The molecule has 20 heavy (non-hydrogen) atoms. The average molecular weight is 277 g/mol. The van der Waals surface area contributed by atoms with Crippen molar-refractivity contribution in [1.29, 1.82) is 0 Å². The van der Waals surface area contributed by atoms with E-state index in [2.05, 4.69) is 17.4 Å². The molecule has 0 bridgehead atoms. The van der Waals surface area contributed by atoms with Crippen molar-refractivity contribution in [3.8, 4) is 5.75 Å². The lowest BCUT2D eigenvalue weighted by Gasteiger charge is -2.27. The quantitative estimate of drug-likeness (QED) is 0.839. The van der Waals surface area contributed by atoms with E-state index in [1.54, 1.807) is 0 Å². The predicted molar refractivity (Wildman–Crippen MR) is 81.9 cm³/mol. The van der Waals surface area contributed by atoms with Crippen LogP contribution in [-0.2, 0) is 6.54 Å². The Hall–Kier alpha value is -1.06. The second-order valence-electron chi connectivity index (χ2n) is 6.06. The van der Waals surface area contributed by atoms with Crippen LogP contribution in [0.15, 0.2) is 24.3 Å². The van der Waals surface area contributed by atoms with Gasteiger partial charge >= 0.3 is 0 Å². The SMILES string of the molecule is CC(C)Oc1cccc(CNCC2CCCCC2O)c1. The summed E-state index contributed by atoms with van der Waals surface area (Å²) in [5.41, 5.74) is 1.23. The molecule has 3 nitrogen and oxygen atoms in total. The minimum absolute atomic E-state index is 0.119. The van der Waals surface area contributed by atoms with E-state index in [1.807, 2.05) is 26.0 Å². The van der Waals surface area contributed by atoms with Crippen LogP contribution in [-0.4, -0.2) is 23.9 Å². The Bertz CT molecular complexity index is 406. The summed E-state index contributed by atoms with van der Waals surface area (Å²) in [7, 11) is 0. The molecule has 3 heteroatoms. The van der Waals surface area contributed by atoms with Gasteiger partial charge in [-0.2, -0.15) is 0 Å². The van der Waals surface area contributed by atoms with Crippen molar-refractivity contribution in [2.75, 3.05) is 6.54 Å². The molecule has 1 aliphatic rings. The highest BCUT2D eigenvalue weighted by Crippen LogP contribution is 2.23. The zero-order chi connectivity index (χ0) is 14.4. The largest absolute Gasteiger partial charge is 0.491 e. The fraction of sp³-hybridized carbons (Fsp3) is 0.647. The normalized spacial score (nSPS) is 23.0. The molecule has 0 heterocycles. The van der Waals surface area contributed by atoms with Crippen LogP contribution in [0.4, 0.5) is 0 Å². The third kappa shape index (κ3) is 4.80. The van der Waals surface area contributed by atoms with Gasteiger partial charge in [-0.3, -0.25) is 0 Å². The first kappa shape index (κ1) is 15.3. The number of aliphatic hydroxyl groups is 1. The van der Waals surface area contributed by atoms with Gasteiger partial charge in [0, 0.05) is 13.1 Å². The Morgan fingerprint density at radius 1 is 1.30 bits per heavy atom. The van der Waals surface area contributed by atoms with Crippen molar-refractivity contribution in [3.05, 3.63) is 29.8 Å². The molecule has 1 fully saturated rings. The van der Waals surface area contributed by atoms with Crippen LogP contribution in [0, 0.1) is 5.92 Å². The number of hydrogen-bond acceptors (Lipinski definition) is 3. The van der Waals surface area contributed by atoms with Gasteiger partial charge in [0.2, 0.25) is 0 Å². The topological polar surface area (TPSA) is 41.5 Å². The summed E-state index contributed by atoms with van der Waals surface area (Å²) in [6, 6.07) is 8.22. The summed E-state index contributed by atoms with van der Waals surface area (Å²) >= 11 is 0. The van der Waals surface area contributed by atoms with Crippen molar-refractivity contribution in [2.45, 2.75) is 58.3 Å². The third-order valence-electron chi connectivity index (χ3n) is 3.87. The Kier molecular flexibility index (Phi) is 5.86. The minimum atomic E-state index is -0.119. The highest BCUT2D eigenvalue weighted by molar-refractivity contribution is 5.28. The van der Waals surface area contributed by atoms with Gasteiger partial charge < -0.3 is 15.2 Å². The van der Waals surface area contributed by atoms with E-state index in [1.165, 1.54) is 18.4 Å². The maximum absolute atomic E-state index is 9.95. The molecule has 2 atom stereocenters. The molecule has 0 aliphatic heterocycles. The van der Waals surface area contributed by atoms with Crippen LogP contribution >= 0.6 is 0 Å². The molecular weight excluding hydrogens is 250 g/mol. The number of benzene rings is 1. The van der Waals surface area contributed by atoms with Crippen molar-refractivity contribution >= 4 is 0 Å². The van der Waals surface area contributed by atoms with Crippen molar-refractivity contribution < 1.29 is 9.84 Å². The number of ether oxygens (including phenoxy) is 1. The fourth-order valence-corrected chi connectivity index (χ4v) is 2.83. The van der Waals surface area contributed by atoms with Gasteiger partial charge in [0.15, 0.2) is 0 Å². The molecule has 1 saturated carbocycles. The fourth-order valence-electron chi connectivity index (χ4n) is 2.83. The standard InChI is InChI=1S/C17H27NO2/c1-13(2)20-16-8-5-6-14(10-16)11-18-12-15-7-3-4-9-17(15)19/h5-6,8,10,13,15,17-19H,3-4,7,9,11-12H2,1-2H3. The van der Waals surface area contributed by atoms with Crippen LogP contribution in [0.1, 0.15) is 45.1 Å². The number of rotatable bonds is 6. The Morgan fingerprint density at radius 2 is 2.10 bits per heavy atom. The van der Waals surface area contributed by atoms with E-state index in [0.29, 0.717) is 5.92 Å². The summed E-state index contributed by atoms with van der Waals surface area (Å²) < 4.78 is 5.70.